The normalized spacial score (nSPS) is 17.0. The van der Waals surface area contributed by atoms with Crippen LogP contribution in [0.25, 0.3) is 0 Å². The van der Waals surface area contributed by atoms with E-state index in [0.29, 0.717) is 12.4 Å². The number of aliphatic hydroxyl groups is 1. The first-order valence-corrected chi connectivity index (χ1v) is 8.15. The van der Waals surface area contributed by atoms with Crippen LogP contribution in [0.5, 0.6) is 0 Å². The summed E-state index contributed by atoms with van der Waals surface area (Å²) in [6.45, 7) is 5.50. The summed E-state index contributed by atoms with van der Waals surface area (Å²) in [4.78, 5) is 14.9. The van der Waals surface area contributed by atoms with Crippen LogP contribution in [0.15, 0.2) is 24.3 Å². The minimum Gasteiger partial charge on any atom is -0.396 e. The van der Waals surface area contributed by atoms with Crippen molar-refractivity contribution in [1.82, 2.24) is 4.90 Å². The second-order valence-corrected chi connectivity index (χ2v) is 6.13. The van der Waals surface area contributed by atoms with Gasteiger partial charge in [0, 0.05) is 18.1 Å². The van der Waals surface area contributed by atoms with Crippen molar-refractivity contribution in [2.45, 2.75) is 39.0 Å². The van der Waals surface area contributed by atoms with Gasteiger partial charge in [-0.1, -0.05) is 29.8 Å². The second kappa shape index (κ2) is 8.30. The monoisotopic (exact) mass is 289 g/mol. The molecule has 0 aliphatic carbocycles. The van der Waals surface area contributed by atoms with Crippen LogP contribution in [0.3, 0.4) is 0 Å². The molecule has 0 spiro atoms. The van der Waals surface area contributed by atoms with E-state index in [2.05, 4.69) is 4.90 Å². The summed E-state index contributed by atoms with van der Waals surface area (Å²) in [5, 5.41) is 8.77. The quantitative estimate of drug-likeness (QED) is 0.619. The van der Waals surface area contributed by atoms with Gasteiger partial charge >= 0.3 is 0 Å². The van der Waals surface area contributed by atoms with Crippen molar-refractivity contribution in [3.8, 4) is 0 Å². The van der Waals surface area contributed by atoms with Gasteiger partial charge in [0.2, 0.25) is 0 Å². The molecule has 0 unspecified atom stereocenters. The van der Waals surface area contributed by atoms with Crippen LogP contribution >= 0.6 is 0 Å². The number of aliphatic hydroxyl groups excluding tert-OH is 1. The van der Waals surface area contributed by atoms with Gasteiger partial charge in [0.15, 0.2) is 5.78 Å². The highest BCUT2D eigenvalue weighted by Gasteiger charge is 2.25. The number of nitrogens with zero attached hydrogens (tertiary/aromatic N) is 1. The highest BCUT2D eigenvalue weighted by Crippen LogP contribution is 2.22. The smallest absolute Gasteiger partial charge is 0.166 e. The van der Waals surface area contributed by atoms with Crippen molar-refractivity contribution in [2.24, 2.45) is 5.92 Å². The van der Waals surface area contributed by atoms with Crippen LogP contribution in [0.1, 0.15) is 48.0 Å². The fourth-order valence-corrected chi connectivity index (χ4v) is 3.00. The molecule has 1 aliphatic heterocycles. The molecule has 3 heteroatoms. The minimum absolute atomic E-state index is 0.196. The topological polar surface area (TPSA) is 40.5 Å². The maximum Gasteiger partial charge on any atom is 0.166 e. The number of Topliss-reactive ketones (excluding diaryl/α,β-unsaturated/α-hetero) is 1. The average molecular weight is 289 g/mol. The number of likely N-dealkylation sites (tertiary alicyclic amines) is 1. The first kappa shape index (κ1) is 16.2. The largest absolute Gasteiger partial charge is 0.396 e. The van der Waals surface area contributed by atoms with E-state index in [-0.39, 0.29) is 5.92 Å². The maximum absolute atomic E-state index is 12.5. The van der Waals surface area contributed by atoms with Crippen LogP contribution in [-0.4, -0.2) is 42.0 Å². The van der Waals surface area contributed by atoms with E-state index in [1.54, 1.807) is 0 Å². The van der Waals surface area contributed by atoms with E-state index in [1.807, 2.05) is 31.2 Å². The number of ketones is 1. The van der Waals surface area contributed by atoms with Gasteiger partial charge in [-0.15, -0.1) is 0 Å². The minimum atomic E-state index is 0.196. The molecule has 0 bridgehead atoms. The number of carbonyl (C=O) groups is 1. The van der Waals surface area contributed by atoms with Gasteiger partial charge in [0.1, 0.15) is 0 Å². The van der Waals surface area contributed by atoms with Gasteiger partial charge in [-0.2, -0.15) is 0 Å². The summed E-state index contributed by atoms with van der Waals surface area (Å²) in [7, 11) is 0. The SMILES string of the molecule is Cc1ccc(C(=O)C2CCN(CCCCCO)CC2)cc1. The number of hydrogen-bond acceptors (Lipinski definition) is 3. The van der Waals surface area contributed by atoms with Crippen LogP contribution in [-0.2, 0) is 0 Å². The first-order valence-electron chi connectivity index (χ1n) is 8.15. The zero-order valence-corrected chi connectivity index (χ0v) is 13.1. The van der Waals surface area contributed by atoms with Crippen LogP contribution in [0, 0.1) is 12.8 Å². The van der Waals surface area contributed by atoms with Crippen LogP contribution in [0.2, 0.25) is 0 Å². The van der Waals surface area contributed by atoms with Gasteiger partial charge in [0.25, 0.3) is 0 Å². The van der Waals surface area contributed by atoms with Crippen LogP contribution in [0.4, 0.5) is 0 Å². The molecule has 0 atom stereocenters. The molecule has 1 aromatic carbocycles. The highest BCUT2D eigenvalue weighted by molar-refractivity contribution is 5.97. The van der Waals surface area contributed by atoms with Gasteiger partial charge in [-0.3, -0.25) is 4.79 Å². The Labute approximate surface area is 128 Å². The molecule has 1 aliphatic rings. The first-order chi connectivity index (χ1) is 10.2. The fourth-order valence-electron chi connectivity index (χ4n) is 3.00. The van der Waals surface area contributed by atoms with Crippen molar-refractivity contribution in [3.05, 3.63) is 35.4 Å². The van der Waals surface area contributed by atoms with E-state index in [4.69, 9.17) is 5.11 Å². The zero-order valence-electron chi connectivity index (χ0n) is 13.1. The summed E-state index contributed by atoms with van der Waals surface area (Å²) in [6, 6.07) is 7.95. The molecule has 0 radical (unpaired) electrons. The average Bonchev–Trinajstić information content (AvgIpc) is 2.52. The summed E-state index contributed by atoms with van der Waals surface area (Å²) >= 11 is 0. The molecule has 1 fully saturated rings. The Morgan fingerprint density at radius 1 is 1.14 bits per heavy atom. The molecule has 3 nitrogen and oxygen atoms in total. The van der Waals surface area contributed by atoms with E-state index < -0.39 is 0 Å². The standard InChI is InChI=1S/C18H27NO2/c1-15-5-7-16(8-6-15)18(21)17-9-12-19(13-10-17)11-3-2-4-14-20/h5-8,17,20H,2-4,9-14H2,1H3. The van der Waals surface area contributed by atoms with E-state index in [9.17, 15) is 4.79 Å². The number of piperidine rings is 1. The Morgan fingerprint density at radius 2 is 1.81 bits per heavy atom. The number of aryl methyl sites for hydroxylation is 1. The third kappa shape index (κ3) is 4.94. The Hall–Kier alpha value is -1.19. The van der Waals surface area contributed by atoms with E-state index >= 15 is 0 Å². The zero-order chi connectivity index (χ0) is 15.1. The Morgan fingerprint density at radius 3 is 2.43 bits per heavy atom. The molecular formula is C18H27NO2. The molecule has 21 heavy (non-hydrogen) atoms. The summed E-state index contributed by atoms with van der Waals surface area (Å²) < 4.78 is 0. The molecule has 1 heterocycles. The molecule has 1 N–H and O–H groups in total. The molecule has 1 saturated heterocycles. The van der Waals surface area contributed by atoms with Gasteiger partial charge in [0.05, 0.1) is 0 Å². The number of carbonyl (C=O) groups excluding carboxylic acids is 1. The number of unbranched alkanes of at least 4 members (excludes halogenated alkanes) is 2. The third-order valence-electron chi connectivity index (χ3n) is 4.43. The summed E-state index contributed by atoms with van der Waals surface area (Å²) in [5.74, 6) is 0.510. The Balaban J connectivity index is 1.75. The summed E-state index contributed by atoms with van der Waals surface area (Å²) in [6.07, 6.45) is 5.11. The van der Waals surface area contributed by atoms with Gasteiger partial charge < -0.3 is 10.0 Å². The molecule has 116 valence electrons. The molecule has 2 rings (SSSR count). The number of benzene rings is 1. The van der Waals surface area contributed by atoms with E-state index in [1.165, 1.54) is 5.56 Å². The van der Waals surface area contributed by atoms with Gasteiger partial charge in [-0.05, 0) is 58.7 Å². The number of rotatable bonds is 7. The molecule has 0 aromatic heterocycles. The van der Waals surface area contributed by atoms with Crippen molar-refractivity contribution in [3.63, 3.8) is 0 Å². The lowest BCUT2D eigenvalue weighted by Crippen LogP contribution is -2.36. The lowest BCUT2D eigenvalue weighted by atomic mass is 9.88. The van der Waals surface area contributed by atoms with Gasteiger partial charge in [-0.25, -0.2) is 0 Å². The lowest BCUT2D eigenvalue weighted by molar-refractivity contribution is 0.0838. The molecule has 0 saturated carbocycles. The Bertz CT molecular complexity index is 433. The third-order valence-corrected chi connectivity index (χ3v) is 4.43. The van der Waals surface area contributed by atoms with Crippen LogP contribution < -0.4 is 0 Å². The lowest BCUT2D eigenvalue weighted by Gasteiger charge is -2.31. The van der Waals surface area contributed by atoms with Crippen molar-refractivity contribution >= 4 is 5.78 Å². The van der Waals surface area contributed by atoms with E-state index in [0.717, 1.165) is 57.3 Å². The second-order valence-electron chi connectivity index (χ2n) is 6.13. The molecule has 0 amide bonds. The fraction of sp³-hybridized carbons (Fsp3) is 0.611. The molecule has 1 aromatic rings. The Kier molecular flexibility index (Phi) is 6.40. The predicted molar refractivity (Wildman–Crippen MR) is 85.6 cm³/mol. The van der Waals surface area contributed by atoms with Crippen molar-refractivity contribution in [2.75, 3.05) is 26.2 Å². The van der Waals surface area contributed by atoms with Crippen molar-refractivity contribution < 1.29 is 9.90 Å². The highest BCUT2D eigenvalue weighted by atomic mass is 16.2. The predicted octanol–water partition coefficient (Wildman–Crippen LogP) is 3.05. The summed E-state index contributed by atoms with van der Waals surface area (Å²) in [5.41, 5.74) is 2.06. The maximum atomic E-state index is 12.5. The molecular weight excluding hydrogens is 262 g/mol. The van der Waals surface area contributed by atoms with Crippen molar-refractivity contribution in [1.29, 1.82) is 0 Å². The number of hydrogen-bond donors (Lipinski definition) is 1.